The first-order chi connectivity index (χ1) is 6.74. The van der Waals surface area contributed by atoms with Gasteiger partial charge in [0.1, 0.15) is 0 Å². The number of hydrogen-bond acceptors (Lipinski definition) is 4. The minimum absolute atomic E-state index is 0.139. The molecule has 1 aromatic rings. The zero-order valence-corrected chi connectivity index (χ0v) is 7.61. The summed E-state index contributed by atoms with van der Waals surface area (Å²) in [6.07, 6.45) is 5.19. The van der Waals surface area contributed by atoms with Crippen LogP contribution in [0, 0.1) is 0 Å². The number of ether oxygens (including phenoxy) is 1. The van der Waals surface area contributed by atoms with Crippen molar-refractivity contribution in [1.82, 2.24) is 9.97 Å². The predicted octanol–water partition coefficient (Wildman–Crippen LogP) is 1.35. The van der Waals surface area contributed by atoms with Crippen LogP contribution in [-0.4, -0.2) is 22.5 Å². The van der Waals surface area contributed by atoms with Crippen molar-refractivity contribution in [2.45, 2.75) is 6.92 Å². The van der Waals surface area contributed by atoms with Crippen LogP contribution in [-0.2, 0) is 9.53 Å². The van der Waals surface area contributed by atoms with E-state index in [0.717, 1.165) is 6.08 Å². The Morgan fingerprint density at radius 1 is 1.64 bits per heavy atom. The normalized spacial score (nSPS) is 11.1. The van der Waals surface area contributed by atoms with Gasteiger partial charge in [0.05, 0.1) is 18.5 Å². The fourth-order valence-corrected chi connectivity index (χ4v) is 0.774. The lowest BCUT2D eigenvalue weighted by atomic mass is 10.4. The molecule has 0 aliphatic carbocycles. The van der Waals surface area contributed by atoms with Crippen LogP contribution in [0.15, 0.2) is 24.4 Å². The molecular formula is C9H9FN2O2. The third-order valence-corrected chi connectivity index (χ3v) is 1.33. The Balaban J connectivity index is 2.74. The Labute approximate surface area is 80.4 Å². The molecule has 0 radical (unpaired) electrons. The van der Waals surface area contributed by atoms with E-state index in [1.165, 1.54) is 18.6 Å². The lowest BCUT2D eigenvalue weighted by Crippen LogP contribution is -2.04. The van der Waals surface area contributed by atoms with Crippen LogP contribution in [0.2, 0.25) is 0 Å². The SMILES string of the molecule is CCOC(=O)/C(F)=C\c1cnccn1. The molecule has 1 rings (SSSR count). The maximum Gasteiger partial charge on any atom is 0.367 e. The van der Waals surface area contributed by atoms with Crippen molar-refractivity contribution < 1.29 is 13.9 Å². The van der Waals surface area contributed by atoms with Gasteiger partial charge in [0.2, 0.25) is 5.83 Å². The van der Waals surface area contributed by atoms with Gasteiger partial charge < -0.3 is 4.74 Å². The summed E-state index contributed by atoms with van der Waals surface area (Å²) >= 11 is 0. The van der Waals surface area contributed by atoms with Crippen LogP contribution >= 0.6 is 0 Å². The lowest BCUT2D eigenvalue weighted by Gasteiger charge is -1.97. The standard InChI is InChI=1S/C9H9FN2O2/c1-2-14-9(13)8(10)5-7-6-11-3-4-12-7/h3-6H,2H2,1H3/b8-5+. The molecule has 74 valence electrons. The summed E-state index contributed by atoms with van der Waals surface area (Å²) in [5.74, 6) is -1.97. The molecule has 0 amide bonds. The number of hydrogen-bond donors (Lipinski definition) is 0. The molecule has 0 saturated heterocycles. The Hall–Kier alpha value is -1.78. The second-order valence-electron chi connectivity index (χ2n) is 2.34. The number of aromatic nitrogens is 2. The minimum atomic E-state index is -0.988. The molecule has 0 spiro atoms. The molecular weight excluding hydrogens is 187 g/mol. The molecule has 0 atom stereocenters. The number of esters is 1. The molecule has 0 saturated carbocycles. The molecule has 5 heteroatoms. The van der Waals surface area contributed by atoms with E-state index in [4.69, 9.17) is 0 Å². The van der Waals surface area contributed by atoms with E-state index >= 15 is 0 Å². The number of carbonyl (C=O) groups is 1. The largest absolute Gasteiger partial charge is 0.461 e. The zero-order valence-electron chi connectivity index (χ0n) is 7.61. The van der Waals surface area contributed by atoms with Crippen LogP contribution in [0.1, 0.15) is 12.6 Å². The third-order valence-electron chi connectivity index (χ3n) is 1.33. The Bertz CT molecular complexity index is 338. The van der Waals surface area contributed by atoms with Gasteiger partial charge in [-0.05, 0) is 6.92 Å². The van der Waals surface area contributed by atoms with Crippen LogP contribution < -0.4 is 0 Å². The van der Waals surface area contributed by atoms with Crippen molar-refractivity contribution in [2.75, 3.05) is 6.61 Å². The van der Waals surface area contributed by atoms with Crippen molar-refractivity contribution in [2.24, 2.45) is 0 Å². The van der Waals surface area contributed by atoms with E-state index < -0.39 is 11.8 Å². The molecule has 1 aromatic heterocycles. The molecule has 0 bridgehead atoms. The van der Waals surface area contributed by atoms with E-state index in [1.54, 1.807) is 6.92 Å². The summed E-state index contributed by atoms with van der Waals surface area (Å²) in [7, 11) is 0. The molecule has 4 nitrogen and oxygen atoms in total. The number of nitrogens with zero attached hydrogens (tertiary/aromatic N) is 2. The third kappa shape index (κ3) is 2.93. The molecule has 0 aliphatic heterocycles. The summed E-state index contributed by atoms with van der Waals surface area (Å²) in [6, 6.07) is 0. The molecule has 0 N–H and O–H groups in total. The smallest absolute Gasteiger partial charge is 0.367 e. The van der Waals surface area contributed by atoms with Gasteiger partial charge in [-0.3, -0.25) is 9.97 Å². The van der Waals surface area contributed by atoms with Crippen LogP contribution in [0.3, 0.4) is 0 Å². The number of carbonyl (C=O) groups excluding carboxylic acids is 1. The van der Waals surface area contributed by atoms with E-state index in [2.05, 4.69) is 14.7 Å². The first kappa shape index (κ1) is 10.3. The highest BCUT2D eigenvalue weighted by Gasteiger charge is 2.09. The average Bonchev–Trinajstić information content (AvgIpc) is 2.19. The Morgan fingerprint density at radius 2 is 2.43 bits per heavy atom. The van der Waals surface area contributed by atoms with Gasteiger partial charge in [0.25, 0.3) is 0 Å². The molecule has 1 heterocycles. The predicted molar refractivity (Wildman–Crippen MR) is 47.8 cm³/mol. The molecule has 14 heavy (non-hydrogen) atoms. The maximum absolute atomic E-state index is 13.0. The summed E-state index contributed by atoms with van der Waals surface area (Å²) in [5, 5.41) is 0. The van der Waals surface area contributed by atoms with Gasteiger partial charge in [-0.15, -0.1) is 0 Å². The van der Waals surface area contributed by atoms with E-state index in [9.17, 15) is 9.18 Å². The molecule has 0 unspecified atom stereocenters. The first-order valence-electron chi connectivity index (χ1n) is 4.04. The van der Waals surface area contributed by atoms with Crippen molar-refractivity contribution in [3.8, 4) is 0 Å². The summed E-state index contributed by atoms with van der Waals surface area (Å²) in [5.41, 5.74) is 0.276. The van der Waals surface area contributed by atoms with Crippen LogP contribution in [0.25, 0.3) is 6.08 Å². The molecule has 0 aromatic carbocycles. The highest BCUT2D eigenvalue weighted by atomic mass is 19.1. The molecule has 0 fully saturated rings. The fourth-order valence-electron chi connectivity index (χ4n) is 0.774. The number of rotatable bonds is 3. The topological polar surface area (TPSA) is 52.1 Å². The summed E-state index contributed by atoms with van der Waals surface area (Å²) < 4.78 is 17.4. The van der Waals surface area contributed by atoms with Gasteiger partial charge >= 0.3 is 5.97 Å². The van der Waals surface area contributed by atoms with Crippen molar-refractivity contribution in [3.63, 3.8) is 0 Å². The highest BCUT2D eigenvalue weighted by molar-refractivity contribution is 5.90. The Morgan fingerprint density at radius 3 is 3.00 bits per heavy atom. The van der Waals surface area contributed by atoms with E-state index in [-0.39, 0.29) is 12.3 Å². The minimum Gasteiger partial charge on any atom is -0.461 e. The van der Waals surface area contributed by atoms with Crippen molar-refractivity contribution in [3.05, 3.63) is 30.1 Å². The van der Waals surface area contributed by atoms with Gasteiger partial charge in [0, 0.05) is 18.5 Å². The lowest BCUT2D eigenvalue weighted by molar-refractivity contribution is -0.140. The van der Waals surface area contributed by atoms with E-state index in [0.29, 0.717) is 0 Å². The zero-order chi connectivity index (χ0) is 10.4. The fraction of sp³-hybridized carbons (Fsp3) is 0.222. The van der Waals surface area contributed by atoms with Gasteiger partial charge in [-0.2, -0.15) is 4.39 Å². The van der Waals surface area contributed by atoms with Gasteiger partial charge in [0.15, 0.2) is 0 Å². The second-order valence-corrected chi connectivity index (χ2v) is 2.34. The van der Waals surface area contributed by atoms with Crippen LogP contribution in [0.4, 0.5) is 4.39 Å². The summed E-state index contributed by atoms with van der Waals surface area (Å²) in [6.45, 7) is 1.74. The van der Waals surface area contributed by atoms with Gasteiger partial charge in [-0.1, -0.05) is 0 Å². The quantitative estimate of drug-likeness (QED) is 0.541. The average molecular weight is 196 g/mol. The van der Waals surface area contributed by atoms with E-state index in [1.807, 2.05) is 0 Å². The van der Waals surface area contributed by atoms with Crippen molar-refractivity contribution in [1.29, 1.82) is 0 Å². The highest BCUT2D eigenvalue weighted by Crippen LogP contribution is 2.05. The summed E-state index contributed by atoms with van der Waals surface area (Å²) in [4.78, 5) is 18.3. The first-order valence-corrected chi connectivity index (χ1v) is 4.04. The Kier molecular flexibility index (Phi) is 3.72. The molecule has 0 aliphatic rings. The second kappa shape index (κ2) is 5.06. The van der Waals surface area contributed by atoms with Crippen molar-refractivity contribution >= 4 is 12.0 Å². The van der Waals surface area contributed by atoms with Crippen LogP contribution in [0.5, 0.6) is 0 Å². The van der Waals surface area contributed by atoms with Gasteiger partial charge in [-0.25, -0.2) is 4.79 Å². The monoisotopic (exact) mass is 196 g/mol. The maximum atomic E-state index is 13.0. The number of halogens is 1.